The lowest BCUT2D eigenvalue weighted by atomic mass is 10.0. The Hall–Kier alpha value is -2.90. The molecule has 2 amide bonds. The molecule has 0 fully saturated rings. The van der Waals surface area contributed by atoms with Crippen molar-refractivity contribution in [3.8, 4) is 5.75 Å². The van der Waals surface area contributed by atoms with Crippen molar-refractivity contribution >= 4 is 23.6 Å². The number of aliphatic carboxylic acids is 1. The molecule has 0 heterocycles. The molecule has 1 aromatic carbocycles. The molecule has 1 rings (SSSR count). The number of hydrogen-bond acceptors (Lipinski definition) is 5. The summed E-state index contributed by atoms with van der Waals surface area (Å²) in [5.41, 5.74) is 0.973. The summed E-state index contributed by atoms with van der Waals surface area (Å²) in [6.45, 7) is 4.79. The first kappa shape index (κ1) is 22.1. The predicted molar refractivity (Wildman–Crippen MR) is 98.7 cm³/mol. The van der Waals surface area contributed by atoms with Crippen molar-refractivity contribution in [1.82, 2.24) is 10.6 Å². The van der Waals surface area contributed by atoms with Gasteiger partial charge in [-0.05, 0) is 37.5 Å². The van der Waals surface area contributed by atoms with Gasteiger partial charge in [0.1, 0.15) is 11.8 Å². The predicted octanol–water partition coefficient (Wildman–Crippen LogP) is 1.17. The molecule has 0 aliphatic rings. The van der Waals surface area contributed by atoms with Crippen molar-refractivity contribution in [2.75, 3.05) is 13.7 Å². The Bertz CT molecular complexity index is 714. The minimum Gasteiger partial charge on any atom is -0.496 e. The van der Waals surface area contributed by atoms with Crippen LogP contribution in [0.15, 0.2) is 18.2 Å². The normalized spacial score (nSPS) is 11.6. The van der Waals surface area contributed by atoms with Gasteiger partial charge in [-0.3, -0.25) is 14.4 Å². The van der Waals surface area contributed by atoms with Crippen LogP contribution >= 0.6 is 0 Å². The summed E-state index contributed by atoms with van der Waals surface area (Å²) in [7, 11) is 1.46. The lowest BCUT2D eigenvalue weighted by molar-refractivity contribution is -0.142. The second kappa shape index (κ2) is 10.3. The number of ketones is 1. The zero-order valence-corrected chi connectivity index (χ0v) is 16.0. The lowest BCUT2D eigenvalue weighted by Crippen LogP contribution is -2.46. The topological polar surface area (TPSA) is 122 Å². The van der Waals surface area contributed by atoms with Crippen LogP contribution in [-0.2, 0) is 20.8 Å². The highest BCUT2D eigenvalue weighted by atomic mass is 16.5. The first-order valence-electron chi connectivity index (χ1n) is 8.60. The zero-order chi connectivity index (χ0) is 20.6. The molecule has 1 atom stereocenters. The van der Waals surface area contributed by atoms with E-state index in [2.05, 4.69) is 10.6 Å². The Morgan fingerprint density at radius 1 is 1.15 bits per heavy atom. The molecule has 0 unspecified atom stereocenters. The van der Waals surface area contributed by atoms with Gasteiger partial charge in [-0.25, -0.2) is 4.79 Å². The van der Waals surface area contributed by atoms with E-state index in [1.807, 2.05) is 13.8 Å². The maximum atomic E-state index is 12.1. The molecule has 0 aliphatic heterocycles. The van der Waals surface area contributed by atoms with Crippen LogP contribution in [0.3, 0.4) is 0 Å². The maximum absolute atomic E-state index is 12.1. The molecule has 148 valence electrons. The summed E-state index contributed by atoms with van der Waals surface area (Å²) >= 11 is 0. The van der Waals surface area contributed by atoms with Crippen LogP contribution in [0, 0.1) is 5.92 Å². The van der Waals surface area contributed by atoms with Gasteiger partial charge >= 0.3 is 5.97 Å². The molecule has 1 aromatic rings. The number of carbonyl (C=O) groups is 4. The number of methoxy groups -OCH3 is 1. The van der Waals surface area contributed by atoms with Crippen molar-refractivity contribution in [3.63, 3.8) is 0 Å². The van der Waals surface area contributed by atoms with E-state index in [1.165, 1.54) is 14.0 Å². The van der Waals surface area contributed by atoms with Crippen LogP contribution < -0.4 is 15.4 Å². The molecule has 0 saturated heterocycles. The van der Waals surface area contributed by atoms with Crippen LogP contribution in [0.5, 0.6) is 5.75 Å². The molecule has 0 spiro atoms. The average molecular weight is 378 g/mol. The number of carboxylic acids is 1. The average Bonchev–Trinajstić information content (AvgIpc) is 2.58. The molecular weight excluding hydrogens is 352 g/mol. The SMILES string of the molecule is COc1ccc(C(C)=O)cc1CC(=O)NCC(=O)N[C@@H](CC(C)C)C(=O)O. The number of amides is 2. The van der Waals surface area contributed by atoms with E-state index in [1.54, 1.807) is 18.2 Å². The van der Waals surface area contributed by atoms with Gasteiger partial charge in [0, 0.05) is 11.1 Å². The van der Waals surface area contributed by atoms with E-state index < -0.39 is 23.8 Å². The van der Waals surface area contributed by atoms with E-state index in [4.69, 9.17) is 9.84 Å². The summed E-state index contributed by atoms with van der Waals surface area (Å²) in [5.74, 6) is -1.72. The summed E-state index contributed by atoms with van der Waals surface area (Å²) in [4.78, 5) is 46.7. The van der Waals surface area contributed by atoms with Crippen LogP contribution in [0.2, 0.25) is 0 Å². The highest BCUT2D eigenvalue weighted by molar-refractivity contribution is 5.95. The number of nitrogens with one attached hydrogen (secondary N) is 2. The fourth-order valence-corrected chi connectivity index (χ4v) is 2.49. The number of carbonyl (C=O) groups excluding carboxylic acids is 3. The van der Waals surface area contributed by atoms with Gasteiger partial charge in [-0.15, -0.1) is 0 Å². The summed E-state index contributed by atoms with van der Waals surface area (Å²) < 4.78 is 5.19. The van der Waals surface area contributed by atoms with E-state index in [0.29, 0.717) is 23.3 Å². The smallest absolute Gasteiger partial charge is 0.326 e. The third-order valence-electron chi connectivity index (χ3n) is 3.82. The van der Waals surface area contributed by atoms with Crippen LogP contribution in [-0.4, -0.2) is 48.4 Å². The van der Waals surface area contributed by atoms with Crippen molar-refractivity contribution in [2.45, 2.75) is 39.7 Å². The minimum absolute atomic E-state index is 0.0775. The Balaban J connectivity index is 2.65. The minimum atomic E-state index is -1.12. The van der Waals surface area contributed by atoms with Gasteiger partial charge in [0.05, 0.1) is 20.1 Å². The molecule has 0 aliphatic carbocycles. The highest BCUT2D eigenvalue weighted by Gasteiger charge is 2.21. The molecular formula is C19H26N2O6. The number of carboxylic acid groups (broad SMARTS) is 1. The molecule has 3 N–H and O–H groups in total. The number of benzene rings is 1. The second-order valence-corrected chi connectivity index (χ2v) is 6.62. The molecule has 0 aromatic heterocycles. The lowest BCUT2D eigenvalue weighted by Gasteiger charge is -2.16. The zero-order valence-electron chi connectivity index (χ0n) is 16.0. The quantitative estimate of drug-likeness (QED) is 0.526. The van der Waals surface area contributed by atoms with Crippen molar-refractivity contribution < 1.29 is 29.0 Å². The fraction of sp³-hybridized carbons (Fsp3) is 0.474. The van der Waals surface area contributed by atoms with E-state index in [0.717, 1.165) is 0 Å². The number of ether oxygens (including phenoxy) is 1. The first-order chi connectivity index (χ1) is 12.6. The molecule has 0 radical (unpaired) electrons. The molecule has 0 bridgehead atoms. The number of Topliss-reactive ketones (excluding diaryl/α,β-unsaturated/α-hetero) is 1. The van der Waals surface area contributed by atoms with E-state index in [-0.39, 0.29) is 24.7 Å². The third-order valence-corrected chi connectivity index (χ3v) is 3.82. The molecule has 27 heavy (non-hydrogen) atoms. The van der Waals surface area contributed by atoms with E-state index in [9.17, 15) is 19.2 Å². The van der Waals surface area contributed by atoms with Crippen LogP contribution in [0.1, 0.15) is 43.1 Å². The number of hydrogen-bond donors (Lipinski definition) is 3. The van der Waals surface area contributed by atoms with Gasteiger partial charge in [-0.2, -0.15) is 0 Å². The monoisotopic (exact) mass is 378 g/mol. The standard InChI is InChI=1S/C19H26N2O6/c1-11(2)7-15(19(25)26)21-18(24)10-20-17(23)9-14-8-13(12(3)22)5-6-16(14)27-4/h5-6,8,11,15H,7,9-10H2,1-4H3,(H,20,23)(H,21,24)(H,25,26)/t15-/m0/s1. The largest absolute Gasteiger partial charge is 0.496 e. The maximum Gasteiger partial charge on any atom is 0.326 e. The Morgan fingerprint density at radius 3 is 2.33 bits per heavy atom. The van der Waals surface area contributed by atoms with Gasteiger partial charge in [0.15, 0.2) is 5.78 Å². The Labute approximate surface area is 158 Å². The third kappa shape index (κ3) is 7.47. The van der Waals surface area contributed by atoms with Crippen molar-refractivity contribution in [2.24, 2.45) is 5.92 Å². The van der Waals surface area contributed by atoms with Crippen LogP contribution in [0.4, 0.5) is 0 Å². The number of rotatable bonds is 10. The summed E-state index contributed by atoms with van der Waals surface area (Å²) in [6, 6.07) is 3.79. The van der Waals surface area contributed by atoms with Gasteiger partial charge in [0.2, 0.25) is 11.8 Å². The Kier molecular flexibility index (Phi) is 8.44. The summed E-state index contributed by atoms with van der Waals surface area (Å²) in [5, 5.41) is 14.0. The summed E-state index contributed by atoms with van der Waals surface area (Å²) in [6.07, 6.45) is 0.218. The van der Waals surface area contributed by atoms with Crippen molar-refractivity contribution in [3.05, 3.63) is 29.3 Å². The Morgan fingerprint density at radius 2 is 1.81 bits per heavy atom. The molecule has 8 nitrogen and oxygen atoms in total. The van der Waals surface area contributed by atoms with Gasteiger partial charge in [0.25, 0.3) is 0 Å². The fourth-order valence-electron chi connectivity index (χ4n) is 2.49. The highest BCUT2D eigenvalue weighted by Crippen LogP contribution is 2.20. The van der Waals surface area contributed by atoms with Gasteiger partial charge < -0.3 is 20.5 Å². The van der Waals surface area contributed by atoms with Gasteiger partial charge in [-0.1, -0.05) is 13.8 Å². The molecule has 8 heteroatoms. The van der Waals surface area contributed by atoms with Crippen molar-refractivity contribution in [1.29, 1.82) is 0 Å². The molecule has 0 saturated carbocycles. The first-order valence-corrected chi connectivity index (χ1v) is 8.60. The van der Waals surface area contributed by atoms with Crippen LogP contribution in [0.25, 0.3) is 0 Å². The van der Waals surface area contributed by atoms with E-state index >= 15 is 0 Å². The second-order valence-electron chi connectivity index (χ2n) is 6.62.